The van der Waals surface area contributed by atoms with Gasteiger partial charge in [0.25, 0.3) is 5.91 Å². The van der Waals surface area contributed by atoms with Crippen LogP contribution in [-0.4, -0.2) is 41.6 Å². The van der Waals surface area contributed by atoms with Gasteiger partial charge >= 0.3 is 0 Å². The molecule has 0 spiro atoms. The number of piperazine rings is 1. The number of anilines is 1. The molecule has 1 fully saturated rings. The van der Waals surface area contributed by atoms with Crippen LogP contribution in [0.15, 0.2) is 36.4 Å². The Balaban J connectivity index is 1.65. The number of aryl methyl sites for hydroxylation is 1. The van der Waals surface area contributed by atoms with Crippen LogP contribution in [0, 0.1) is 12.7 Å². The number of nitrogens with zero attached hydrogens (tertiary/aromatic N) is 3. The van der Waals surface area contributed by atoms with Gasteiger partial charge in [0, 0.05) is 44.6 Å². The highest BCUT2D eigenvalue weighted by atomic mass is 19.1. The summed E-state index contributed by atoms with van der Waals surface area (Å²) in [5.41, 5.74) is 2.81. The number of carbonyl (C=O) groups excluding carboxylic acids is 1. The van der Waals surface area contributed by atoms with E-state index in [1.54, 1.807) is 12.1 Å². The first-order chi connectivity index (χ1) is 10.6. The fraction of sp³-hybridized carbons (Fsp3) is 0.353. The first-order valence-corrected chi connectivity index (χ1v) is 7.48. The van der Waals surface area contributed by atoms with Gasteiger partial charge in [-0.05, 0) is 43.3 Å². The highest BCUT2D eigenvalue weighted by Crippen LogP contribution is 2.18. The van der Waals surface area contributed by atoms with Crippen molar-refractivity contribution in [2.45, 2.75) is 6.92 Å². The Morgan fingerprint density at radius 3 is 2.18 bits per heavy atom. The quantitative estimate of drug-likeness (QED) is 0.852. The highest BCUT2D eigenvalue weighted by molar-refractivity contribution is 5.93. The molecule has 1 amide bonds. The maximum Gasteiger partial charge on any atom is 0.270 e. The Kier molecular flexibility index (Phi) is 3.88. The molecule has 1 saturated heterocycles. The molecule has 3 rings (SSSR count). The zero-order chi connectivity index (χ0) is 15.7. The number of halogens is 1. The monoisotopic (exact) mass is 301 g/mol. The van der Waals surface area contributed by atoms with Crippen LogP contribution in [0.25, 0.3) is 0 Å². The van der Waals surface area contributed by atoms with Crippen molar-refractivity contribution >= 4 is 11.6 Å². The summed E-state index contributed by atoms with van der Waals surface area (Å²) in [6.45, 7) is 4.88. The zero-order valence-corrected chi connectivity index (χ0v) is 12.9. The molecule has 0 N–H and O–H groups in total. The Labute approximate surface area is 129 Å². The van der Waals surface area contributed by atoms with Crippen LogP contribution in [0.5, 0.6) is 0 Å². The lowest BCUT2D eigenvalue weighted by atomic mass is 10.2. The lowest BCUT2D eigenvalue weighted by molar-refractivity contribution is 0.0737. The smallest absolute Gasteiger partial charge is 0.270 e. The van der Waals surface area contributed by atoms with Gasteiger partial charge in [-0.2, -0.15) is 0 Å². The van der Waals surface area contributed by atoms with E-state index >= 15 is 0 Å². The van der Waals surface area contributed by atoms with E-state index in [9.17, 15) is 9.18 Å². The summed E-state index contributed by atoms with van der Waals surface area (Å²) in [4.78, 5) is 16.6. The number of hydrogen-bond acceptors (Lipinski definition) is 2. The molecule has 1 aliphatic rings. The molecule has 1 aliphatic heterocycles. The van der Waals surface area contributed by atoms with Crippen molar-refractivity contribution in [1.29, 1.82) is 0 Å². The summed E-state index contributed by atoms with van der Waals surface area (Å²) in [6, 6.07) is 10.4. The lowest BCUT2D eigenvalue weighted by Crippen LogP contribution is -2.49. The van der Waals surface area contributed by atoms with Gasteiger partial charge in [0.15, 0.2) is 0 Å². The molecule has 4 nitrogen and oxygen atoms in total. The van der Waals surface area contributed by atoms with Gasteiger partial charge in [0.1, 0.15) is 11.5 Å². The fourth-order valence-corrected chi connectivity index (χ4v) is 2.81. The molecule has 0 unspecified atom stereocenters. The number of rotatable bonds is 2. The molecule has 0 atom stereocenters. The van der Waals surface area contributed by atoms with E-state index in [1.807, 2.05) is 35.6 Å². The van der Waals surface area contributed by atoms with Gasteiger partial charge in [-0.1, -0.05) is 0 Å². The Bertz CT molecular complexity index is 670. The second kappa shape index (κ2) is 5.83. The van der Waals surface area contributed by atoms with Crippen LogP contribution >= 0.6 is 0 Å². The minimum atomic E-state index is -0.225. The minimum absolute atomic E-state index is 0.0781. The van der Waals surface area contributed by atoms with Crippen molar-refractivity contribution in [3.8, 4) is 0 Å². The lowest BCUT2D eigenvalue weighted by Gasteiger charge is -2.36. The molecule has 5 heteroatoms. The molecule has 1 aromatic carbocycles. The van der Waals surface area contributed by atoms with Crippen molar-refractivity contribution in [1.82, 2.24) is 9.47 Å². The van der Waals surface area contributed by atoms with E-state index in [-0.39, 0.29) is 11.7 Å². The number of hydrogen-bond donors (Lipinski definition) is 0. The zero-order valence-electron chi connectivity index (χ0n) is 12.9. The van der Waals surface area contributed by atoms with Gasteiger partial charge in [-0.25, -0.2) is 4.39 Å². The van der Waals surface area contributed by atoms with Crippen LogP contribution < -0.4 is 4.90 Å². The molecular weight excluding hydrogens is 281 g/mol. The summed E-state index contributed by atoms with van der Waals surface area (Å²) in [5.74, 6) is -0.147. The molecule has 0 radical (unpaired) electrons. The van der Waals surface area contributed by atoms with Gasteiger partial charge in [0.05, 0.1) is 0 Å². The molecule has 116 valence electrons. The second-order valence-corrected chi connectivity index (χ2v) is 5.67. The predicted molar refractivity (Wildman–Crippen MR) is 84.7 cm³/mol. The molecule has 2 aromatic rings. The summed E-state index contributed by atoms with van der Waals surface area (Å²) >= 11 is 0. The maximum atomic E-state index is 13.0. The largest absolute Gasteiger partial charge is 0.368 e. The summed E-state index contributed by atoms with van der Waals surface area (Å²) in [5, 5.41) is 0. The number of amides is 1. The first-order valence-electron chi connectivity index (χ1n) is 7.48. The van der Waals surface area contributed by atoms with E-state index in [0.29, 0.717) is 13.1 Å². The average molecular weight is 301 g/mol. The van der Waals surface area contributed by atoms with Crippen molar-refractivity contribution < 1.29 is 9.18 Å². The average Bonchev–Trinajstić information content (AvgIpc) is 2.87. The molecule has 0 aliphatic carbocycles. The molecule has 22 heavy (non-hydrogen) atoms. The van der Waals surface area contributed by atoms with E-state index in [2.05, 4.69) is 4.90 Å². The normalized spacial score (nSPS) is 15.2. The number of carbonyl (C=O) groups is 1. The van der Waals surface area contributed by atoms with Gasteiger partial charge in [-0.15, -0.1) is 0 Å². The maximum absolute atomic E-state index is 13.0. The Morgan fingerprint density at radius 1 is 1.00 bits per heavy atom. The highest BCUT2D eigenvalue weighted by Gasteiger charge is 2.24. The van der Waals surface area contributed by atoms with E-state index in [1.165, 1.54) is 12.1 Å². The minimum Gasteiger partial charge on any atom is -0.368 e. The van der Waals surface area contributed by atoms with E-state index in [0.717, 1.165) is 30.2 Å². The molecule has 0 bridgehead atoms. The van der Waals surface area contributed by atoms with E-state index in [4.69, 9.17) is 0 Å². The second-order valence-electron chi connectivity index (χ2n) is 5.67. The van der Waals surface area contributed by atoms with Gasteiger partial charge in [-0.3, -0.25) is 4.79 Å². The topological polar surface area (TPSA) is 28.5 Å². The van der Waals surface area contributed by atoms with Crippen LogP contribution in [0.4, 0.5) is 10.1 Å². The van der Waals surface area contributed by atoms with E-state index < -0.39 is 0 Å². The van der Waals surface area contributed by atoms with Gasteiger partial charge < -0.3 is 14.4 Å². The van der Waals surface area contributed by atoms with Crippen molar-refractivity contribution in [3.63, 3.8) is 0 Å². The number of aromatic nitrogens is 1. The summed E-state index contributed by atoms with van der Waals surface area (Å²) in [6.07, 6.45) is 0. The first kappa shape index (κ1) is 14.6. The van der Waals surface area contributed by atoms with Gasteiger partial charge in [0.2, 0.25) is 0 Å². The Morgan fingerprint density at radius 2 is 1.64 bits per heavy atom. The molecule has 1 aromatic heterocycles. The predicted octanol–water partition coefficient (Wildman–Crippen LogP) is 2.44. The third kappa shape index (κ3) is 2.71. The van der Waals surface area contributed by atoms with Crippen molar-refractivity contribution in [3.05, 3.63) is 53.6 Å². The van der Waals surface area contributed by atoms with Crippen molar-refractivity contribution in [2.75, 3.05) is 31.1 Å². The Hall–Kier alpha value is -2.30. The summed E-state index contributed by atoms with van der Waals surface area (Å²) in [7, 11) is 1.91. The molecular formula is C17H20FN3O. The van der Waals surface area contributed by atoms with Crippen molar-refractivity contribution in [2.24, 2.45) is 7.05 Å². The van der Waals surface area contributed by atoms with Crippen LogP contribution in [-0.2, 0) is 7.05 Å². The van der Waals surface area contributed by atoms with Crippen LogP contribution in [0.3, 0.4) is 0 Å². The molecule has 2 heterocycles. The van der Waals surface area contributed by atoms with Crippen LogP contribution in [0.2, 0.25) is 0 Å². The van der Waals surface area contributed by atoms with Crippen LogP contribution in [0.1, 0.15) is 16.2 Å². The fourth-order valence-electron chi connectivity index (χ4n) is 2.81. The standard InChI is InChI=1S/C17H20FN3O/c1-13-3-8-16(19(13)2)17(22)21-11-9-20(10-12-21)15-6-4-14(18)5-7-15/h3-8H,9-12H2,1-2H3. The third-order valence-corrected chi connectivity index (χ3v) is 4.35. The summed E-state index contributed by atoms with van der Waals surface area (Å²) < 4.78 is 14.9. The third-order valence-electron chi connectivity index (χ3n) is 4.35. The molecule has 0 saturated carbocycles. The number of benzene rings is 1. The SMILES string of the molecule is Cc1ccc(C(=O)N2CCN(c3ccc(F)cc3)CC2)n1C.